The van der Waals surface area contributed by atoms with Gasteiger partial charge in [0.1, 0.15) is 18.1 Å². The van der Waals surface area contributed by atoms with Crippen molar-refractivity contribution in [2.45, 2.75) is 38.6 Å². The second-order valence-electron chi connectivity index (χ2n) is 10.6. The van der Waals surface area contributed by atoms with E-state index in [2.05, 4.69) is 21.6 Å². The van der Waals surface area contributed by atoms with E-state index in [-0.39, 0.29) is 11.8 Å². The highest BCUT2D eigenvalue weighted by Crippen LogP contribution is 2.38. The summed E-state index contributed by atoms with van der Waals surface area (Å²) in [5.74, 6) is 1.92. The molecule has 1 fully saturated rings. The van der Waals surface area contributed by atoms with E-state index in [0.29, 0.717) is 43.4 Å². The summed E-state index contributed by atoms with van der Waals surface area (Å²) in [5.41, 5.74) is 1.97. The molecule has 40 heavy (non-hydrogen) atoms. The first-order valence-electron chi connectivity index (χ1n) is 14.0. The number of aromatic nitrogens is 1. The number of rotatable bonds is 4. The molecule has 0 unspecified atom stereocenters. The summed E-state index contributed by atoms with van der Waals surface area (Å²) in [6, 6.07) is 15.2. The molecule has 2 aromatic carbocycles. The molecule has 0 bridgehead atoms. The van der Waals surface area contributed by atoms with Gasteiger partial charge in [-0.15, -0.1) is 0 Å². The number of para-hydroxylation sites is 1. The molecular formula is C31H38N4O5. The maximum atomic E-state index is 13.5. The summed E-state index contributed by atoms with van der Waals surface area (Å²) in [7, 11) is 3.31. The van der Waals surface area contributed by atoms with E-state index in [4.69, 9.17) is 19.2 Å². The normalized spacial score (nSPS) is 18.6. The van der Waals surface area contributed by atoms with E-state index >= 15 is 0 Å². The first-order valence-corrected chi connectivity index (χ1v) is 14.0. The fourth-order valence-electron chi connectivity index (χ4n) is 5.75. The van der Waals surface area contributed by atoms with Gasteiger partial charge in [-0.3, -0.25) is 14.5 Å². The van der Waals surface area contributed by atoms with Crippen LogP contribution in [0.15, 0.2) is 48.5 Å². The quantitative estimate of drug-likeness (QED) is 0.511. The number of likely N-dealkylation sites (tertiary alicyclic amines) is 1. The first-order chi connectivity index (χ1) is 19.5. The first kappa shape index (κ1) is 27.7. The zero-order valence-corrected chi connectivity index (χ0v) is 23.3. The van der Waals surface area contributed by atoms with Crippen molar-refractivity contribution in [3.05, 3.63) is 59.7 Å². The van der Waals surface area contributed by atoms with Gasteiger partial charge in [-0.25, -0.2) is 4.98 Å². The Morgan fingerprint density at radius 1 is 0.950 bits per heavy atom. The topological polar surface area (TPSA) is 102 Å². The molecule has 1 spiro atoms. The van der Waals surface area contributed by atoms with Gasteiger partial charge in [0.2, 0.25) is 11.8 Å². The van der Waals surface area contributed by atoms with Crippen molar-refractivity contribution >= 4 is 22.7 Å². The highest BCUT2D eigenvalue weighted by atomic mass is 16.5. The third-order valence-corrected chi connectivity index (χ3v) is 8.09. The van der Waals surface area contributed by atoms with E-state index in [9.17, 15) is 9.59 Å². The van der Waals surface area contributed by atoms with Gasteiger partial charge < -0.3 is 24.8 Å². The number of hydrogen-bond donors (Lipinski definition) is 2. The van der Waals surface area contributed by atoms with Gasteiger partial charge in [0.05, 0.1) is 37.3 Å². The predicted octanol–water partition coefficient (Wildman–Crippen LogP) is 3.94. The monoisotopic (exact) mass is 546 g/mol. The smallest absolute Gasteiger partial charge is 0.255 e. The minimum Gasteiger partial charge on any atom is -0.497 e. The van der Waals surface area contributed by atoms with Crippen LogP contribution in [-0.2, 0) is 11.3 Å². The van der Waals surface area contributed by atoms with Gasteiger partial charge in [0.25, 0.3) is 5.91 Å². The van der Waals surface area contributed by atoms with E-state index in [1.54, 1.807) is 26.4 Å². The van der Waals surface area contributed by atoms with Crippen LogP contribution in [0.2, 0.25) is 0 Å². The molecule has 2 aliphatic rings. The van der Waals surface area contributed by atoms with Crippen molar-refractivity contribution in [1.82, 2.24) is 20.5 Å². The van der Waals surface area contributed by atoms with Crippen molar-refractivity contribution in [1.29, 1.82) is 0 Å². The average molecular weight is 547 g/mol. The van der Waals surface area contributed by atoms with Crippen LogP contribution < -0.4 is 24.8 Å². The molecule has 3 heterocycles. The number of methoxy groups -OCH3 is 2. The molecule has 0 saturated carbocycles. The Balaban J connectivity index is 1.25. The molecule has 0 radical (unpaired) electrons. The highest BCUT2D eigenvalue weighted by Gasteiger charge is 2.40. The summed E-state index contributed by atoms with van der Waals surface area (Å²) in [6.07, 6.45) is 4.02. The van der Waals surface area contributed by atoms with Crippen LogP contribution in [0.3, 0.4) is 0 Å². The number of carbonyl (C=O) groups is 2. The SMILES string of the molecule is COc1ccc2nc(OC)c(CN3CCC4(CCCCNC(=O)c5ccccc5OCCNC4=O)CC3)cc2c1. The summed E-state index contributed by atoms with van der Waals surface area (Å²) in [4.78, 5) is 33.3. The van der Waals surface area contributed by atoms with Crippen LogP contribution in [-0.4, -0.2) is 68.7 Å². The van der Waals surface area contributed by atoms with Crippen LogP contribution in [0.1, 0.15) is 48.0 Å². The van der Waals surface area contributed by atoms with Gasteiger partial charge in [-0.2, -0.15) is 0 Å². The maximum Gasteiger partial charge on any atom is 0.255 e. The lowest BCUT2D eigenvalue weighted by molar-refractivity contribution is -0.134. The molecule has 9 nitrogen and oxygen atoms in total. The molecule has 2 N–H and O–H groups in total. The Hall–Kier alpha value is -3.85. The Morgan fingerprint density at radius 2 is 1.77 bits per heavy atom. The molecule has 1 aromatic heterocycles. The van der Waals surface area contributed by atoms with E-state index < -0.39 is 5.41 Å². The van der Waals surface area contributed by atoms with Crippen LogP contribution >= 0.6 is 0 Å². The lowest BCUT2D eigenvalue weighted by Crippen LogP contribution is -2.49. The molecule has 212 valence electrons. The zero-order valence-electron chi connectivity index (χ0n) is 23.3. The molecular weight excluding hydrogens is 508 g/mol. The van der Waals surface area contributed by atoms with Crippen LogP contribution in [0, 0.1) is 5.41 Å². The number of piperidine rings is 1. The number of benzene rings is 2. The largest absolute Gasteiger partial charge is 0.497 e. The number of nitrogens with zero attached hydrogens (tertiary/aromatic N) is 2. The second-order valence-corrected chi connectivity index (χ2v) is 10.6. The fourth-order valence-corrected chi connectivity index (χ4v) is 5.75. The van der Waals surface area contributed by atoms with Crippen molar-refractivity contribution in [2.24, 2.45) is 5.41 Å². The summed E-state index contributed by atoms with van der Waals surface area (Å²) >= 11 is 0. The van der Waals surface area contributed by atoms with Gasteiger partial charge in [-0.05, 0) is 75.2 Å². The number of ether oxygens (including phenoxy) is 3. The molecule has 1 saturated heterocycles. The van der Waals surface area contributed by atoms with Crippen molar-refractivity contribution in [3.63, 3.8) is 0 Å². The molecule has 2 amide bonds. The van der Waals surface area contributed by atoms with Crippen molar-refractivity contribution in [3.8, 4) is 17.4 Å². The van der Waals surface area contributed by atoms with Crippen LogP contribution in [0.5, 0.6) is 17.4 Å². The lowest BCUT2D eigenvalue weighted by Gasteiger charge is -2.41. The van der Waals surface area contributed by atoms with E-state index in [0.717, 1.165) is 67.4 Å². The van der Waals surface area contributed by atoms with Gasteiger partial charge in [-0.1, -0.05) is 18.6 Å². The summed E-state index contributed by atoms with van der Waals surface area (Å²) < 4.78 is 16.9. The lowest BCUT2D eigenvalue weighted by atomic mass is 9.73. The molecule has 5 rings (SSSR count). The second kappa shape index (κ2) is 12.6. The fraction of sp³-hybridized carbons (Fsp3) is 0.452. The van der Waals surface area contributed by atoms with Gasteiger partial charge in [0.15, 0.2) is 0 Å². The number of amides is 2. The van der Waals surface area contributed by atoms with Crippen LogP contribution in [0.4, 0.5) is 0 Å². The molecule has 3 aromatic rings. The Bertz CT molecular complexity index is 1350. The third-order valence-electron chi connectivity index (χ3n) is 8.09. The number of pyridine rings is 1. The molecule has 0 aliphatic carbocycles. The number of carbonyl (C=O) groups excluding carboxylic acids is 2. The Kier molecular flexibility index (Phi) is 8.69. The molecule has 9 heteroatoms. The van der Waals surface area contributed by atoms with E-state index in [1.165, 1.54) is 0 Å². The summed E-state index contributed by atoms with van der Waals surface area (Å²) in [6.45, 7) is 3.55. The van der Waals surface area contributed by atoms with Gasteiger partial charge in [0, 0.05) is 24.0 Å². The van der Waals surface area contributed by atoms with Crippen molar-refractivity contribution in [2.75, 3.05) is 47.0 Å². The van der Waals surface area contributed by atoms with Crippen molar-refractivity contribution < 1.29 is 23.8 Å². The molecule has 2 aliphatic heterocycles. The maximum absolute atomic E-state index is 13.5. The minimum absolute atomic E-state index is 0.0992. The molecule has 0 atom stereocenters. The Morgan fingerprint density at radius 3 is 2.58 bits per heavy atom. The Labute approximate surface area is 235 Å². The van der Waals surface area contributed by atoms with E-state index in [1.807, 2.05) is 30.3 Å². The van der Waals surface area contributed by atoms with Gasteiger partial charge >= 0.3 is 0 Å². The zero-order chi connectivity index (χ0) is 28.0. The average Bonchev–Trinajstić information content (AvgIpc) is 2.99. The summed E-state index contributed by atoms with van der Waals surface area (Å²) in [5, 5.41) is 7.14. The third kappa shape index (κ3) is 6.14. The minimum atomic E-state index is -0.429. The predicted molar refractivity (Wildman–Crippen MR) is 153 cm³/mol. The number of nitrogens with one attached hydrogen (secondary N) is 2. The highest BCUT2D eigenvalue weighted by molar-refractivity contribution is 5.96. The number of fused-ring (bicyclic) bond motifs is 2. The van der Waals surface area contributed by atoms with Crippen LogP contribution in [0.25, 0.3) is 10.9 Å². The standard InChI is InChI=1S/C31H38N4O5/c1-38-24-9-10-26-22(20-24)19-23(29(34-26)39-2)21-35-16-12-31(13-17-35)11-5-6-14-32-28(36)25-7-3-4-8-27(25)40-18-15-33-30(31)37/h3-4,7-10,19-20H,5-6,11-18,21H2,1-2H3,(H,32,36)(H,33,37). The number of hydrogen-bond acceptors (Lipinski definition) is 7.